The van der Waals surface area contributed by atoms with Crippen LogP contribution in [0.3, 0.4) is 0 Å². The van der Waals surface area contributed by atoms with Crippen molar-refractivity contribution in [2.45, 2.75) is 26.2 Å². The Morgan fingerprint density at radius 1 is 1.31 bits per heavy atom. The van der Waals surface area contributed by atoms with Gasteiger partial charge < -0.3 is 10.1 Å². The number of ether oxygens (including phenoxy) is 1. The van der Waals surface area contributed by atoms with Crippen LogP contribution in [-0.4, -0.2) is 19.6 Å². The SMILES string of the molecule is CCC1C2/C(=C/CNC(=O)c3cc(OC)ccc3Cl)C3C4CC(CC42)C13. The molecule has 138 valence electrons. The van der Waals surface area contributed by atoms with Crippen LogP contribution < -0.4 is 10.1 Å². The van der Waals surface area contributed by atoms with Crippen molar-refractivity contribution in [3.8, 4) is 5.75 Å². The van der Waals surface area contributed by atoms with E-state index < -0.39 is 0 Å². The number of carbonyl (C=O) groups is 1. The van der Waals surface area contributed by atoms with Crippen LogP contribution in [0.1, 0.15) is 36.5 Å². The molecule has 0 aliphatic heterocycles. The second-order valence-electron chi connectivity index (χ2n) is 8.52. The first kappa shape index (κ1) is 16.7. The van der Waals surface area contributed by atoms with Gasteiger partial charge in [0, 0.05) is 6.54 Å². The fourth-order valence-electron chi connectivity index (χ4n) is 7.18. The molecule has 4 saturated carbocycles. The lowest BCUT2D eigenvalue weighted by Gasteiger charge is -2.40. The highest BCUT2D eigenvalue weighted by molar-refractivity contribution is 6.33. The third-order valence-electron chi connectivity index (χ3n) is 7.80. The number of hydrogen-bond acceptors (Lipinski definition) is 2. The Morgan fingerprint density at radius 3 is 2.81 bits per heavy atom. The maximum absolute atomic E-state index is 12.5. The van der Waals surface area contributed by atoms with Gasteiger partial charge in [-0.3, -0.25) is 4.79 Å². The van der Waals surface area contributed by atoms with Crippen molar-refractivity contribution in [1.29, 1.82) is 0 Å². The molecule has 4 heteroatoms. The van der Waals surface area contributed by atoms with Crippen molar-refractivity contribution >= 4 is 17.5 Å². The van der Waals surface area contributed by atoms with Crippen LogP contribution in [0, 0.1) is 41.4 Å². The van der Waals surface area contributed by atoms with Gasteiger partial charge in [0.25, 0.3) is 5.91 Å². The molecule has 5 rings (SSSR count). The van der Waals surface area contributed by atoms with E-state index in [1.807, 2.05) is 0 Å². The molecular formula is C22H26ClNO2. The quantitative estimate of drug-likeness (QED) is 0.770. The highest BCUT2D eigenvalue weighted by Crippen LogP contribution is 2.76. The third kappa shape index (κ3) is 2.16. The van der Waals surface area contributed by atoms with E-state index in [0.717, 1.165) is 41.4 Å². The summed E-state index contributed by atoms with van der Waals surface area (Å²) in [6.07, 6.45) is 6.59. The molecule has 3 nitrogen and oxygen atoms in total. The molecule has 0 heterocycles. The average molecular weight is 372 g/mol. The minimum absolute atomic E-state index is 0.129. The lowest BCUT2D eigenvalue weighted by molar-refractivity contribution is 0.0699. The Labute approximate surface area is 160 Å². The van der Waals surface area contributed by atoms with Crippen molar-refractivity contribution in [2.24, 2.45) is 41.4 Å². The van der Waals surface area contributed by atoms with Crippen molar-refractivity contribution in [2.75, 3.05) is 13.7 Å². The largest absolute Gasteiger partial charge is 0.497 e. The van der Waals surface area contributed by atoms with Gasteiger partial charge in [0.2, 0.25) is 0 Å². The maximum atomic E-state index is 12.5. The zero-order valence-corrected chi connectivity index (χ0v) is 16.1. The lowest BCUT2D eigenvalue weighted by Crippen LogP contribution is -2.35. The summed E-state index contributed by atoms with van der Waals surface area (Å²) in [6, 6.07) is 5.18. The number of allylic oxidation sites excluding steroid dienone is 1. The van der Waals surface area contributed by atoms with Crippen LogP contribution in [0.5, 0.6) is 5.75 Å². The molecule has 4 fully saturated rings. The zero-order valence-electron chi connectivity index (χ0n) is 15.4. The summed E-state index contributed by atoms with van der Waals surface area (Å²) in [5.74, 6) is 6.87. The predicted molar refractivity (Wildman–Crippen MR) is 102 cm³/mol. The van der Waals surface area contributed by atoms with Crippen LogP contribution in [0.2, 0.25) is 5.02 Å². The van der Waals surface area contributed by atoms with Gasteiger partial charge in [0.1, 0.15) is 5.75 Å². The van der Waals surface area contributed by atoms with Gasteiger partial charge in [-0.1, -0.05) is 36.6 Å². The Morgan fingerprint density at radius 2 is 2.08 bits per heavy atom. The third-order valence-corrected chi connectivity index (χ3v) is 8.13. The van der Waals surface area contributed by atoms with Gasteiger partial charge in [-0.25, -0.2) is 0 Å². The van der Waals surface area contributed by atoms with E-state index in [1.54, 1.807) is 30.9 Å². The molecule has 0 radical (unpaired) electrons. The smallest absolute Gasteiger partial charge is 0.253 e. The number of hydrogen-bond donors (Lipinski definition) is 1. The predicted octanol–water partition coefficient (Wildman–Crippen LogP) is 4.56. The summed E-state index contributed by atoms with van der Waals surface area (Å²) >= 11 is 6.19. The first-order chi connectivity index (χ1) is 12.6. The summed E-state index contributed by atoms with van der Waals surface area (Å²) in [6.45, 7) is 2.96. The van der Waals surface area contributed by atoms with E-state index in [2.05, 4.69) is 18.3 Å². The molecule has 26 heavy (non-hydrogen) atoms. The van der Waals surface area contributed by atoms with E-state index in [1.165, 1.54) is 19.3 Å². The molecule has 4 aliphatic carbocycles. The molecule has 0 saturated heterocycles. The van der Waals surface area contributed by atoms with Gasteiger partial charge in [0.15, 0.2) is 0 Å². The van der Waals surface area contributed by atoms with Crippen molar-refractivity contribution in [1.82, 2.24) is 5.32 Å². The standard InChI is InChI=1S/C22H26ClNO2/c1-3-13-19-11-8-15-16(9-11)21(19)14(20(13)15)6-7-24-22(25)17-10-12(26-2)4-5-18(17)23/h4-6,10-11,13,15-16,19-21H,3,7-9H2,1-2H3,(H,24,25)/b14-6-. The minimum Gasteiger partial charge on any atom is -0.497 e. The monoisotopic (exact) mass is 371 g/mol. The molecule has 4 aliphatic rings. The Balaban J connectivity index is 1.31. The summed E-state index contributed by atoms with van der Waals surface area (Å²) < 4.78 is 5.20. The van der Waals surface area contributed by atoms with Crippen molar-refractivity contribution in [3.05, 3.63) is 40.4 Å². The molecule has 4 bridgehead atoms. The number of carbonyl (C=O) groups excluding carboxylic acids is 1. The van der Waals surface area contributed by atoms with Crippen LogP contribution in [-0.2, 0) is 0 Å². The number of fused-ring (bicyclic) bond motifs is 4. The second-order valence-corrected chi connectivity index (χ2v) is 8.93. The number of rotatable bonds is 5. The first-order valence-corrected chi connectivity index (χ1v) is 10.3. The van der Waals surface area contributed by atoms with E-state index >= 15 is 0 Å². The van der Waals surface area contributed by atoms with E-state index in [0.29, 0.717) is 22.9 Å². The van der Waals surface area contributed by atoms with Gasteiger partial charge in [-0.05, 0) is 72.5 Å². The average Bonchev–Trinajstić information content (AvgIpc) is 3.33. The van der Waals surface area contributed by atoms with E-state index in [4.69, 9.17) is 16.3 Å². The molecule has 1 aromatic carbocycles. The van der Waals surface area contributed by atoms with Gasteiger partial charge in [-0.15, -0.1) is 0 Å². The van der Waals surface area contributed by atoms with Crippen LogP contribution in [0.25, 0.3) is 0 Å². The summed E-state index contributed by atoms with van der Waals surface area (Å²) in [5.41, 5.74) is 2.15. The first-order valence-electron chi connectivity index (χ1n) is 9.95. The lowest BCUT2D eigenvalue weighted by atomic mass is 9.64. The van der Waals surface area contributed by atoms with Crippen LogP contribution in [0.15, 0.2) is 29.8 Å². The number of amides is 1. The van der Waals surface area contributed by atoms with Crippen LogP contribution in [0.4, 0.5) is 0 Å². The normalized spacial score (nSPS) is 40.0. The molecule has 7 atom stereocenters. The highest BCUT2D eigenvalue weighted by Gasteiger charge is 2.70. The molecule has 0 spiro atoms. The summed E-state index contributed by atoms with van der Waals surface area (Å²) in [7, 11) is 1.59. The number of benzene rings is 1. The highest BCUT2D eigenvalue weighted by atomic mass is 35.5. The summed E-state index contributed by atoms with van der Waals surface area (Å²) in [4.78, 5) is 12.5. The maximum Gasteiger partial charge on any atom is 0.253 e. The number of methoxy groups -OCH3 is 1. The van der Waals surface area contributed by atoms with Crippen molar-refractivity contribution < 1.29 is 9.53 Å². The zero-order chi connectivity index (χ0) is 18.0. The second kappa shape index (κ2) is 6.02. The van der Waals surface area contributed by atoms with E-state index in [9.17, 15) is 4.79 Å². The molecule has 1 N–H and O–H groups in total. The van der Waals surface area contributed by atoms with Gasteiger partial charge in [0.05, 0.1) is 17.7 Å². The molecule has 1 aromatic rings. The fourth-order valence-corrected chi connectivity index (χ4v) is 7.39. The molecule has 0 aromatic heterocycles. The fraction of sp³-hybridized carbons (Fsp3) is 0.591. The van der Waals surface area contributed by atoms with E-state index in [-0.39, 0.29) is 5.91 Å². The molecule has 1 amide bonds. The van der Waals surface area contributed by atoms with Gasteiger partial charge in [-0.2, -0.15) is 0 Å². The number of nitrogens with one attached hydrogen (secondary N) is 1. The number of halogens is 1. The Bertz CT molecular complexity index is 786. The van der Waals surface area contributed by atoms with Gasteiger partial charge >= 0.3 is 0 Å². The summed E-state index contributed by atoms with van der Waals surface area (Å²) in [5, 5.41) is 3.50. The van der Waals surface area contributed by atoms with Crippen molar-refractivity contribution in [3.63, 3.8) is 0 Å². The molecular weight excluding hydrogens is 346 g/mol. The van der Waals surface area contributed by atoms with Crippen LogP contribution >= 0.6 is 11.6 Å². The Hall–Kier alpha value is -1.48. The topological polar surface area (TPSA) is 38.3 Å². The minimum atomic E-state index is -0.129. The Kier molecular flexibility index (Phi) is 3.86. The molecule has 7 unspecified atom stereocenters.